The average molecular weight is 443 g/mol. The molecular formula is C21H19BrN2O4. The summed E-state index contributed by atoms with van der Waals surface area (Å²) in [6.45, 7) is 0.753. The van der Waals surface area contributed by atoms with Crippen LogP contribution in [0.4, 0.5) is 0 Å². The van der Waals surface area contributed by atoms with Gasteiger partial charge >= 0.3 is 0 Å². The topological polar surface area (TPSA) is 75.7 Å². The molecule has 2 aromatic carbocycles. The molecule has 2 heterocycles. The predicted octanol–water partition coefficient (Wildman–Crippen LogP) is 2.87. The monoisotopic (exact) mass is 442 g/mol. The molecule has 0 bridgehead atoms. The molecule has 144 valence electrons. The Morgan fingerprint density at radius 2 is 1.68 bits per heavy atom. The van der Waals surface area contributed by atoms with Crippen LogP contribution >= 0.6 is 15.9 Å². The van der Waals surface area contributed by atoms with Crippen molar-refractivity contribution in [2.24, 2.45) is 0 Å². The third-order valence-electron chi connectivity index (χ3n) is 5.28. The van der Waals surface area contributed by atoms with E-state index >= 15 is 0 Å². The minimum atomic E-state index is -0.586. The molecule has 0 spiro atoms. The maximum absolute atomic E-state index is 12.9. The molecule has 0 aliphatic carbocycles. The molecule has 0 aromatic heterocycles. The van der Waals surface area contributed by atoms with E-state index in [0.717, 1.165) is 14.9 Å². The van der Waals surface area contributed by atoms with Crippen molar-refractivity contribution in [1.29, 1.82) is 0 Å². The lowest BCUT2D eigenvalue weighted by Gasteiger charge is -2.39. The number of nitrogens with one attached hydrogen (secondary N) is 1. The lowest BCUT2D eigenvalue weighted by Crippen LogP contribution is -2.52. The van der Waals surface area contributed by atoms with Gasteiger partial charge in [-0.25, -0.2) is 0 Å². The number of fused-ring (bicyclic) bond motifs is 1. The van der Waals surface area contributed by atoms with Gasteiger partial charge in [0.1, 0.15) is 6.54 Å². The molecule has 1 N–H and O–H groups in total. The van der Waals surface area contributed by atoms with Crippen LogP contribution in [-0.2, 0) is 15.1 Å². The zero-order valence-electron chi connectivity index (χ0n) is 15.1. The lowest BCUT2D eigenvalue weighted by molar-refractivity contribution is -0.124. The Hall–Kier alpha value is -2.51. The number of hydrogen-bond acceptors (Lipinski definition) is 4. The van der Waals surface area contributed by atoms with Crippen molar-refractivity contribution in [2.75, 3.05) is 19.8 Å². The van der Waals surface area contributed by atoms with Gasteiger partial charge in [0.15, 0.2) is 0 Å². The van der Waals surface area contributed by atoms with Gasteiger partial charge < -0.3 is 10.1 Å². The summed E-state index contributed by atoms with van der Waals surface area (Å²) in [7, 11) is 0. The van der Waals surface area contributed by atoms with Gasteiger partial charge in [-0.1, -0.05) is 40.2 Å². The maximum atomic E-state index is 12.9. The molecule has 6 nitrogen and oxygen atoms in total. The smallest absolute Gasteiger partial charge is 0.262 e. The maximum Gasteiger partial charge on any atom is 0.262 e. The van der Waals surface area contributed by atoms with E-state index in [1.54, 1.807) is 24.3 Å². The molecule has 0 radical (unpaired) electrons. The van der Waals surface area contributed by atoms with Crippen LogP contribution in [0.25, 0.3) is 0 Å². The summed E-state index contributed by atoms with van der Waals surface area (Å²) in [4.78, 5) is 38.9. The van der Waals surface area contributed by atoms with Gasteiger partial charge in [-0.2, -0.15) is 0 Å². The molecular weight excluding hydrogens is 424 g/mol. The van der Waals surface area contributed by atoms with Crippen molar-refractivity contribution in [3.8, 4) is 0 Å². The van der Waals surface area contributed by atoms with Gasteiger partial charge in [0.05, 0.1) is 16.7 Å². The second-order valence-electron chi connectivity index (χ2n) is 7.00. The number of carbonyl (C=O) groups is 3. The van der Waals surface area contributed by atoms with E-state index in [9.17, 15) is 14.4 Å². The third-order valence-corrected chi connectivity index (χ3v) is 5.78. The second kappa shape index (κ2) is 7.48. The quantitative estimate of drug-likeness (QED) is 0.738. The van der Waals surface area contributed by atoms with E-state index in [2.05, 4.69) is 21.2 Å². The van der Waals surface area contributed by atoms with E-state index in [0.29, 0.717) is 37.2 Å². The molecule has 4 rings (SSSR count). The minimum Gasteiger partial charge on any atom is -0.381 e. The van der Waals surface area contributed by atoms with Gasteiger partial charge in [-0.3, -0.25) is 19.3 Å². The highest BCUT2D eigenvalue weighted by Crippen LogP contribution is 2.33. The van der Waals surface area contributed by atoms with Gasteiger partial charge in [-0.15, -0.1) is 0 Å². The van der Waals surface area contributed by atoms with Crippen molar-refractivity contribution >= 4 is 33.7 Å². The van der Waals surface area contributed by atoms with E-state index in [1.165, 1.54) is 0 Å². The van der Waals surface area contributed by atoms with E-state index < -0.39 is 17.4 Å². The Balaban J connectivity index is 1.55. The number of hydrogen-bond donors (Lipinski definition) is 1. The highest BCUT2D eigenvalue weighted by Gasteiger charge is 2.40. The lowest BCUT2D eigenvalue weighted by atomic mass is 9.82. The Bertz CT molecular complexity index is 918. The van der Waals surface area contributed by atoms with Gasteiger partial charge in [0, 0.05) is 17.7 Å². The van der Waals surface area contributed by atoms with Crippen LogP contribution in [0.1, 0.15) is 39.1 Å². The molecule has 1 fully saturated rings. The number of halogens is 1. The Kier molecular flexibility index (Phi) is 5.03. The number of imide groups is 1. The Labute approximate surface area is 171 Å². The van der Waals surface area contributed by atoms with Gasteiger partial charge in [0.25, 0.3) is 11.8 Å². The fraction of sp³-hybridized carbons (Fsp3) is 0.286. The average Bonchev–Trinajstić information content (AvgIpc) is 2.94. The Morgan fingerprint density at radius 3 is 2.29 bits per heavy atom. The molecule has 1 saturated heterocycles. The number of carbonyl (C=O) groups excluding carboxylic acids is 3. The number of nitrogens with zero attached hydrogens (tertiary/aromatic N) is 1. The van der Waals surface area contributed by atoms with E-state index in [-0.39, 0.29) is 12.5 Å². The van der Waals surface area contributed by atoms with Gasteiger partial charge in [0.2, 0.25) is 5.91 Å². The van der Waals surface area contributed by atoms with Crippen molar-refractivity contribution in [3.05, 3.63) is 69.7 Å². The molecule has 0 saturated carbocycles. The molecule has 0 unspecified atom stereocenters. The molecule has 2 aliphatic heterocycles. The number of rotatable bonds is 4. The summed E-state index contributed by atoms with van der Waals surface area (Å²) in [6.07, 6.45) is 1.24. The van der Waals surface area contributed by atoms with Crippen LogP contribution in [0.15, 0.2) is 53.0 Å². The number of amides is 3. The first kappa shape index (κ1) is 18.8. The molecule has 7 heteroatoms. The Morgan fingerprint density at radius 1 is 1.04 bits per heavy atom. The van der Waals surface area contributed by atoms with Crippen molar-refractivity contribution in [3.63, 3.8) is 0 Å². The summed E-state index contributed by atoms with van der Waals surface area (Å²) in [5.41, 5.74) is 1.07. The summed E-state index contributed by atoms with van der Waals surface area (Å²) in [6, 6.07) is 14.4. The highest BCUT2D eigenvalue weighted by molar-refractivity contribution is 9.10. The summed E-state index contributed by atoms with van der Waals surface area (Å²) < 4.78 is 6.41. The molecule has 0 atom stereocenters. The molecule has 3 amide bonds. The number of benzene rings is 2. The van der Waals surface area contributed by atoms with E-state index in [4.69, 9.17) is 4.74 Å². The largest absolute Gasteiger partial charge is 0.381 e. The number of ether oxygens (including phenoxy) is 1. The first-order chi connectivity index (χ1) is 13.5. The minimum absolute atomic E-state index is 0.303. The first-order valence-electron chi connectivity index (χ1n) is 9.10. The third kappa shape index (κ3) is 3.36. The molecule has 28 heavy (non-hydrogen) atoms. The standard InChI is InChI=1S/C21H19BrN2O4/c22-15-5-3-4-14(12-15)21(8-10-28-11-9-21)23-18(25)13-24-19(26)16-6-1-2-7-17(16)20(24)27/h1-7,12H,8-11,13H2,(H,23,25). The van der Waals surface area contributed by atoms with Crippen LogP contribution in [0.5, 0.6) is 0 Å². The van der Waals surface area contributed by atoms with Crippen LogP contribution in [0.3, 0.4) is 0 Å². The predicted molar refractivity (Wildman–Crippen MR) is 106 cm³/mol. The normalized spacial score (nSPS) is 18.1. The zero-order valence-corrected chi connectivity index (χ0v) is 16.7. The SMILES string of the molecule is O=C(CN1C(=O)c2ccccc2C1=O)NC1(c2cccc(Br)c2)CCOCC1. The van der Waals surface area contributed by atoms with Gasteiger partial charge in [-0.05, 0) is 42.7 Å². The zero-order chi connectivity index (χ0) is 19.7. The first-order valence-corrected chi connectivity index (χ1v) is 9.89. The molecule has 2 aromatic rings. The fourth-order valence-corrected chi connectivity index (χ4v) is 4.22. The van der Waals surface area contributed by atoms with Crippen LogP contribution in [-0.4, -0.2) is 42.4 Å². The van der Waals surface area contributed by atoms with Crippen LogP contribution in [0, 0.1) is 0 Å². The van der Waals surface area contributed by atoms with E-state index in [1.807, 2.05) is 24.3 Å². The summed E-state index contributed by atoms with van der Waals surface area (Å²) in [5.74, 6) is -1.23. The van der Waals surface area contributed by atoms with Crippen molar-refractivity contribution in [2.45, 2.75) is 18.4 Å². The summed E-state index contributed by atoms with van der Waals surface area (Å²) >= 11 is 3.48. The van der Waals surface area contributed by atoms with Crippen LogP contribution < -0.4 is 5.32 Å². The van der Waals surface area contributed by atoms with Crippen molar-refractivity contribution in [1.82, 2.24) is 10.2 Å². The summed E-state index contributed by atoms with van der Waals surface area (Å²) in [5, 5.41) is 3.08. The highest BCUT2D eigenvalue weighted by atomic mass is 79.9. The fourth-order valence-electron chi connectivity index (χ4n) is 3.82. The van der Waals surface area contributed by atoms with Crippen molar-refractivity contribution < 1.29 is 19.1 Å². The molecule has 2 aliphatic rings. The second-order valence-corrected chi connectivity index (χ2v) is 7.91. The van der Waals surface area contributed by atoms with Crippen LogP contribution in [0.2, 0.25) is 0 Å².